The van der Waals surface area contributed by atoms with Crippen LogP contribution in [-0.2, 0) is 14.3 Å². The summed E-state index contributed by atoms with van der Waals surface area (Å²) >= 11 is 0. The molecule has 0 saturated carbocycles. The van der Waals surface area contributed by atoms with Crippen molar-refractivity contribution in [3.8, 4) is 0 Å². The quantitative estimate of drug-likeness (QED) is 0.0264. The third kappa shape index (κ3) is 29.7. The predicted molar refractivity (Wildman–Crippen MR) is 235 cm³/mol. The zero-order valence-corrected chi connectivity index (χ0v) is 37.1. The van der Waals surface area contributed by atoms with Crippen molar-refractivity contribution in [2.24, 2.45) is 0 Å². The standard InChI is InChI=1S/C48H93NO8/c1-3-5-7-9-11-13-15-17-18-19-20-21-22-23-24-26-28-30-32-34-36-38-44(52)49-41(40-56-48-47(55)46(54)45(53)43(39-50)57-48)42(51)37-35-33-31-29-27-25-16-14-12-10-8-6-4-2/h35,37,41-43,45-48,50-51,53-55H,3-34,36,38-40H2,1-2H3,(H,49,52)/b37-35+/t41-,42+,43?,45?,46?,47?,48?/m0/s1. The number of ether oxygens (including phenoxy) is 2. The highest BCUT2D eigenvalue weighted by Crippen LogP contribution is 2.23. The van der Waals surface area contributed by atoms with Gasteiger partial charge in [-0.25, -0.2) is 0 Å². The number of nitrogens with one attached hydrogen (secondary N) is 1. The van der Waals surface area contributed by atoms with E-state index >= 15 is 0 Å². The van der Waals surface area contributed by atoms with Crippen LogP contribution in [0.2, 0.25) is 0 Å². The van der Waals surface area contributed by atoms with E-state index in [-0.39, 0.29) is 12.5 Å². The molecule has 1 aliphatic rings. The number of rotatable bonds is 41. The van der Waals surface area contributed by atoms with Crippen LogP contribution in [-0.4, -0.2) is 87.5 Å². The van der Waals surface area contributed by atoms with Crippen LogP contribution in [0, 0.1) is 0 Å². The van der Waals surface area contributed by atoms with Gasteiger partial charge in [0.2, 0.25) is 5.91 Å². The number of aliphatic hydroxyl groups is 5. The lowest BCUT2D eigenvalue weighted by atomic mass is 9.99. The molecule has 1 amide bonds. The summed E-state index contributed by atoms with van der Waals surface area (Å²) in [4.78, 5) is 13.0. The van der Waals surface area contributed by atoms with Crippen LogP contribution < -0.4 is 5.32 Å². The zero-order chi connectivity index (χ0) is 41.6. The van der Waals surface area contributed by atoms with E-state index in [4.69, 9.17) is 9.47 Å². The first kappa shape index (κ1) is 53.9. The van der Waals surface area contributed by atoms with Crippen molar-refractivity contribution in [2.75, 3.05) is 13.2 Å². The average Bonchev–Trinajstić information content (AvgIpc) is 3.21. The minimum atomic E-state index is -1.56. The smallest absolute Gasteiger partial charge is 0.220 e. The molecule has 1 aliphatic heterocycles. The number of carbonyl (C=O) groups excluding carboxylic acids is 1. The molecule has 7 atom stereocenters. The van der Waals surface area contributed by atoms with E-state index in [0.717, 1.165) is 38.5 Å². The molecular formula is C48H93NO8. The van der Waals surface area contributed by atoms with Gasteiger partial charge in [0.05, 0.1) is 25.4 Å². The summed E-state index contributed by atoms with van der Waals surface area (Å²) in [6, 6.07) is -0.798. The third-order valence-corrected chi connectivity index (χ3v) is 11.9. The minimum absolute atomic E-state index is 0.173. The SMILES string of the molecule is CCCCCCCCCCCCC/C=C/[C@@H](O)[C@H](COC1OC(CO)C(O)C(O)C1O)NC(=O)CCCCCCCCCCCCCCCCCCCCCCC. The molecule has 1 rings (SSSR count). The summed E-state index contributed by atoms with van der Waals surface area (Å²) in [5.41, 5.74) is 0. The molecule has 1 fully saturated rings. The molecule has 9 heteroatoms. The lowest BCUT2D eigenvalue weighted by Gasteiger charge is -2.40. The number of amides is 1. The molecule has 0 aromatic carbocycles. The van der Waals surface area contributed by atoms with Gasteiger partial charge in [-0.05, 0) is 19.3 Å². The molecule has 338 valence electrons. The Morgan fingerprint density at radius 1 is 0.579 bits per heavy atom. The number of hydrogen-bond acceptors (Lipinski definition) is 8. The van der Waals surface area contributed by atoms with Crippen molar-refractivity contribution >= 4 is 5.91 Å². The van der Waals surface area contributed by atoms with Crippen LogP contribution >= 0.6 is 0 Å². The first-order chi connectivity index (χ1) is 27.8. The van der Waals surface area contributed by atoms with E-state index in [0.29, 0.717) is 6.42 Å². The first-order valence-corrected chi connectivity index (χ1v) is 24.4. The van der Waals surface area contributed by atoms with Crippen molar-refractivity contribution in [2.45, 2.75) is 275 Å². The summed E-state index contributed by atoms with van der Waals surface area (Å²) in [6.45, 7) is 3.79. The van der Waals surface area contributed by atoms with Crippen LogP contribution in [0.15, 0.2) is 12.2 Å². The molecule has 0 radical (unpaired) electrons. The highest BCUT2D eigenvalue weighted by molar-refractivity contribution is 5.76. The third-order valence-electron chi connectivity index (χ3n) is 11.9. The van der Waals surface area contributed by atoms with Crippen molar-refractivity contribution in [1.82, 2.24) is 5.32 Å². The van der Waals surface area contributed by atoms with Gasteiger partial charge in [-0.2, -0.15) is 0 Å². The summed E-state index contributed by atoms with van der Waals surface area (Å²) < 4.78 is 11.2. The number of aliphatic hydroxyl groups excluding tert-OH is 5. The monoisotopic (exact) mass is 812 g/mol. The number of carbonyl (C=O) groups is 1. The van der Waals surface area contributed by atoms with Gasteiger partial charge in [-0.3, -0.25) is 4.79 Å². The van der Waals surface area contributed by atoms with Crippen LogP contribution in [0.3, 0.4) is 0 Å². The van der Waals surface area contributed by atoms with Crippen molar-refractivity contribution in [1.29, 1.82) is 0 Å². The number of allylic oxidation sites excluding steroid dienone is 1. The van der Waals surface area contributed by atoms with Crippen LogP contribution in [0.5, 0.6) is 0 Å². The summed E-state index contributed by atoms with van der Waals surface area (Å²) in [6.07, 6.45) is 38.3. The second-order valence-electron chi connectivity index (χ2n) is 17.3. The Hall–Kier alpha value is -1.07. The molecule has 0 aromatic rings. The summed E-state index contributed by atoms with van der Waals surface area (Å²) in [7, 11) is 0. The topological polar surface area (TPSA) is 149 Å². The Kier molecular flexibility index (Phi) is 37.0. The Bertz CT molecular complexity index is 904. The Morgan fingerprint density at radius 2 is 0.965 bits per heavy atom. The lowest BCUT2D eigenvalue weighted by Crippen LogP contribution is -2.60. The Labute approximate surface area is 350 Å². The molecule has 1 saturated heterocycles. The zero-order valence-electron chi connectivity index (χ0n) is 37.1. The predicted octanol–water partition coefficient (Wildman–Crippen LogP) is 10.5. The van der Waals surface area contributed by atoms with Crippen molar-refractivity contribution in [3.05, 3.63) is 12.2 Å². The van der Waals surface area contributed by atoms with Gasteiger partial charge in [0.25, 0.3) is 0 Å². The molecule has 0 aromatic heterocycles. The van der Waals surface area contributed by atoms with Crippen molar-refractivity contribution in [3.63, 3.8) is 0 Å². The lowest BCUT2D eigenvalue weighted by molar-refractivity contribution is -0.302. The molecule has 0 spiro atoms. The maximum Gasteiger partial charge on any atom is 0.220 e. The normalized spacial score (nSPS) is 21.0. The molecule has 6 N–H and O–H groups in total. The van der Waals surface area contributed by atoms with Crippen LogP contribution in [0.25, 0.3) is 0 Å². The molecule has 0 aliphatic carbocycles. The first-order valence-electron chi connectivity index (χ1n) is 24.4. The van der Waals surface area contributed by atoms with E-state index in [1.54, 1.807) is 6.08 Å². The van der Waals surface area contributed by atoms with Gasteiger partial charge in [-0.15, -0.1) is 0 Å². The van der Waals surface area contributed by atoms with E-state index in [1.165, 1.54) is 173 Å². The van der Waals surface area contributed by atoms with E-state index in [9.17, 15) is 30.3 Å². The molecule has 5 unspecified atom stereocenters. The molecule has 0 bridgehead atoms. The van der Waals surface area contributed by atoms with Crippen molar-refractivity contribution < 1.29 is 39.8 Å². The largest absolute Gasteiger partial charge is 0.394 e. The fraction of sp³-hybridized carbons (Fsp3) is 0.938. The summed E-state index contributed by atoms with van der Waals surface area (Å²) in [5, 5.41) is 54.2. The Morgan fingerprint density at radius 3 is 1.37 bits per heavy atom. The van der Waals surface area contributed by atoms with Crippen LogP contribution in [0.1, 0.15) is 232 Å². The molecule has 9 nitrogen and oxygen atoms in total. The highest BCUT2D eigenvalue weighted by atomic mass is 16.7. The molecular weight excluding hydrogens is 719 g/mol. The van der Waals surface area contributed by atoms with Crippen LogP contribution in [0.4, 0.5) is 0 Å². The Balaban J connectivity index is 2.27. The second-order valence-corrected chi connectivity index (χ2v) is 17.3. The number of hydrogen-bond donors (Lipinski definition) is 6. The fourth-order valence-corrected chi connectivity index (χ4v) is 7.92. The van der Waals surface area contributed by atoms with E-state index in [1.807, 2.05) is 6.08 Å². The van der Waals surface area contributed by atoms with Gasteiger partial charge in [0.15, 0.2) is 6.29 Å². The van der Waals surface area contributed by atoms with Gasteiger partial charge in [0.1, 0.15) is 24.4 Å². The van der Waals surface area contributed by atoms with Gasteiger partial charge in [0, 0.05) is 6.42 Å². The molecule has 57 heavy (non-hydrogen) atoms. The van der Waals surface area contributed by atoms with E-state index in [2.05, 4.69) is 19.2 Å². The highest BCUT2D eigenvalue weighted by Gasteiger charge is 2.44. The van der Waals surface area contributed by atoms with E-state index < -0.39 is 49.5 Å². The van der Waals surface area contributed by atoms with Gasteiger partial charge < -0.3 is 40.3 Å². The maximum atomic E-state index is 13.0. The minimum Gasteiger partial charge on any atom is -0.394 e. The maximum absolute atomic E-state index is 13.0. The summed E-state index contributed by atoms with van der Waals surface area (Å²) in [5.74, 6) is -0.173. The molecule has 1 heterocycles. The number of unbranched alkanes of at least 4 members (excludes halogenated alkanes) is 31. The average molecular weight is 812 g/mol. The second kappa shape index (κ2) is 39.1. The fourth-order valence-electron chi connectivity index (χ4n) is 7.92. The van der Waals surface area contributed by atoms with Gasteiger partial charge in [-0.1, -0.05) is 219 Å². The van der Waals surface area contributed by atoms with Gasteiger partial charge >= 0.3 is 0 Å².